The maximum Gasteiger partial charge on any atom is 0.300 e. The van der Waals surface area contributed by atoms with Gasteiger partial charge < -0.3 is 10.2 Å². The van der Waals surface area contributed by atoms with Crippen LogP contribution in [0.5, 0.6) is 0 Å². The molecule has 0 spiro atoms. The number of aliphatic hydroxyl groups excluding tert-OH is 1. The summed E-state index contributed by atoms with van der Waals surface area (Å²) >= 11 is 0. The molecule has 0 aliphatic carbocycles. The quantitative estimate of drug-likeness (QED) is 0.401. The molecule has 1 atom stereocenters. The average Bonchev–Trinajstić information content (AvgIpc) is 2.36. The van der Waals surface area contributed by atoms with Crippen LogP contribution in [0.3, 0.4) is 0 Å². The third-order valence-electron chi connectivity index (χ3n) is 2.39. The van der Waals surface area contributed by atoms with Crippen molar-refractivity contribution in [3.05, 3.63) is 12.7 Å². The number of carbonyl (C=O) groups is 1. The van der Waals surface area contributed by atoms with Crippen molar-refractivity contribution in [2.45, 2.75) is 58.8 Å². The molecule has 0 heterocycles. The molecule has 1 unspecified atom stereocenters. The minimum atomic E-state index is -0.833. The van der Waals surface area contributed by atoms with Gasteiger partial charge in [-0.25, -0.2) is 0 Å². The molecule has 0 aromatic rings. The first-order chi connectivity index (χ1) is 9.04. The fourth-order valence-corrected chi connectivity index (χ4v) is 1.32. The van der Waals surface area contributed by atoms with Crippen molar-refractivity contribution in [2.24, 2.45) is 5.92 Å². The Kier molecular flexibility index (Phi) is 17.7. The van der Waals surface area contributed by atoms with Crippen molar-refractivity contribution in [2.75, 3.05) is 6.61 Å². The van der Waals surface area contributed by atoms with Crippen LogP contribution in [0.4, 0.5) is 0 Å². The summed E-state index contributed by atoms with van der Waals surface area (Å²) in [7, 11) is 0. The standard InChI is InChI=1S/C14H24O.C2H4O2/c1-3-14(2)12-10-8-6-4-5-7-9-11-13-15;1-2(3)4/h3,14-15H,1,4-9,11,13H2,2H3;1H3,(H,3,4). The van der Waals surface area contributed by atoms with Gasteiger partial charge in [-0.15, -0.1) is 12.5 Å². The van der Waals surface area contributed by atoms with E-state index in [2.05, 4.69) is 25.3 Å². The van der Waals surface area contributed by atoms with Crippen LogP contribution < -0.4 is 0 Å². The predicted molar refractivity (Wildman–Crippen MR) is 79.9 cm³/mol. The lowest BCUT2D eigenvalue weighted by Crippen LogP contribution is -1.84. The van der Waals surface area contributed by atoms with E-state index in [1.165, 1.54) is 25.7 Å². The molecule has 0 aliphatic rings. The van der Waals surface area contributed by atoms with Crippen LogP contribution in [0, 0.1) is 17.8 Å². The molecular formula is C16H28O3. The molecule has 3 heteroatoms. The molecule has 0 saturated carbocycles. The van der Waals surface area contributed by atoms with Gasteiger partial charge in [0.2, 0.25) is 0 Å². The zero-order valence-electron chi connectivity index (χ0n) is 12.3. The van der Waals surface area contributed by atoms with Crippen molar-refractivity contribution in [3.63, 3.8) is 0 Å². The highest BCUT2D eigenvalue weighted by Gasteiger charge is 1.90. The Bertz CT molecular complexity index is 269. The molecule has 3 nitrogen and oxygen atoms in total. The summed E-state index contributed by atoms with van der Waals surface area (Å²) in [5.41, 5.74) is 0. The number of hydrogen-bond donors (Lipinski definition) is 2. The van der Waals surface area contributed by atoms with E-state index in [1.54, 1.807) is 0 Å². The molecule has 0 radical (unpaired) electrons. The van der Waals surface area contributed by atoms with E-state index in [4.69, 9.17) is 15.0 Å². The highest BCUT2D eigenvalue weighted by Crippen LogP contribution is 2.06. The van der Waals surface area contributed by atoms with Gasteiger partial charge >= 0.3 is 0 Å². The van der Waals surface area contributed by atoms with Gasteiger partial charge in [-0.2, -0.15) is 0 Å². The number of aliphatic hydroxyl groups is 1. The molecule has 2 N–H and O–H groups in total. The second-order valence-electron chi connectivity index (χ2n) is 4.46. The number of hydrogen-bond acceptors (Lipinski definition) is 2. The van der Waals surface area contributed by atoms with Gasteiger partial charge in [-0.3, -0.25) is 4.79 Å². The molecule has 19 heavy (non-hydrogen) atoms. The maximum absolute atomic E-state index is 9.00. The van der Waals surface area contributed by atoms with Gasteiger partial charge in [0, 0.05) is 25.9 Å². The Morgan fingerprint density at radius 2 is 1.68 bits per heavy atom. The third-order valence-corrected chi connectivity index (χ3v) is 2.39. The number of carboxylic acids is 1. The van der Waals surface area contributed by atoms with E-state index in [1.807, 2.05) is 6.08 Å². The van der Waals surface area contributed by atoms with Crippen molar-refractivity contribution < 1.29 is 15.0 Å². The summed E-state index contributed by atoms with van der Waals surface area (Å²) in [5.74, 6) is 5.81. The minimum Gasteiger partial charge on any atom is -0.481 e. The fourth-order valence-electron chi connectivity index (χ4n) is 1.32. The zero-order chi connectivity index (χ0) is 14.9. The fraction of sp³-hybridized carbons (Fsp3) is 0.688. The minimum absolute atomic E-state index is 0.328. The first kappa shape index (κ1) is 20.1. The van der Waals surface area contributed by atoms with E-state index in [0.29, 0.717) is 12.5 Å². The summed E-state index contributed by atoms with van der Waals surface area (Å²) in [6.07, 6.45) is 10.0. The molecule has 0 fully saturated rings. The van der Waals surface area contributed by atoms with Crippen LogP contribution in [0.2, 0.25) is 0 Å². The van der Waals surface area contributed by atoms with Crippen molar-refractivity contribution in [1.82, 2.24) is 0 Å². The van der Waals surface area contributed by atoms with E-state index < -0.39 is 5.97 Å². The number of rotatable bonds is 8. The second-order valence-corrected chi connectivity index (χ2v) is 4.46. The van der Waals surface area contributed by atoms with Crippen LogP contribution >= 0.6 is 0 Å². The number of unbranched alkanes of at least 4 members (excludes halogenated alkanes) is 6. The molecule has 0 bridgehead atoms. The number of aliphatic carboxylic acids is 1. The normalized spacial score (nSPS) is 10.5. The van der Waals surface area contributed by atoms with Crippen LogP contribution in [0.15, 0.2) is 12.7 Å². The van der Waals surface area contributed by atoms with Gasteiger partial charge in [0.1, 0.15) is 0 Å². The van der Waals surface area contributed by atoms with Crippen molar-refractivity contribution in [1.29, 1.82) is 0 Å². The van der Waals surface area contributed by atoms with Gasteiger partial charge in [0.25, 0.3) is 5.97 Å². The summed E-state index contributed by atoms with van der Waals surface area (Å²) < 4.78 is 0. The van der Waals surface area contributed by atoms with E-state index >= 15 is 0 Å². The molecule has 0 saturated heterocycles. The van der Waals surface area contributed by atoms with Crippen LogP contribution in [-0.4, -0.2) is 22.8 Å². The third kappa shape index (κ3) is 26.4. The highest BCUT2D eigenvalue weighted by molar-refractivity contribution is 5.62. The van der Waals surface area contributed by atoms with E-state index in [-0.39, 0.29) is 0 Å². The smallest absolute Gasteiger partial charge is 0.300 e. The molecule has 0 aromatic carbocycles. The molecule has 0 amide bonds. The Labute approximate surface area is 117 Å². The van der Waals surface area contributed by atoms with Crippen LogP contribution in [0.1, 0.15) is 58.8 Å². The monoisotopic (exact) mass is 268 g/mol. The lowest BCUT2D eigenvalue weighted by atomic mass is 10.1. The number of allylic oxidation sites excluding steroid dienone is 1. The topological polar surface area (TPSA) is 57.5 Å². The van der Waals surface area contributed by atoms with E-state index in [9.17, 15) is 0 Å². The first-order valence-electron chi connectivity index (χ1n) is 6.96. The second kappa shape index (κ2) is 16.7. The van der Waals surface area contributed by atoms with Gasteiger partial charge in [-0.1, -0.05) is 37.7 Å². The lowest BCUT2D eigenvalue weighted by Gasteiger charge is -1.98. The Morgan fingerprint density at radius 3 is 2.16 bits per heavy atom. The molecule has 0 aliphatic heterocycles. The SMILES string of the molecule is C=CC(C)C#CCCCCCCCCO.CC(=O)O. The Hall–Kier alpha value is -1.27. The molecule has 0 rings (SSSR count). The van der Waals surface area contributed by atoms with Crippen LogP contribution in [-0.2, 0) is 4.79 Å². The van der Waals surface area contributed by atoms with Gasteiger partial charge in [-0.05, 0) is 19.8 Å². The van der Waals surface area contributed by atoms with Crippen LogP contribution in [0.25, 0.3) is 0 Å². The average molecular weight is 268 g/mol. The zero-order valence-corrected chi connectivity index (χ0v) is 12.3. The summed E-state index contributed by atoms with van der Waals surface area (Å²) in [6.45, 7) is 7.18. The maximum atomic E-state index is 9.00. The first-order valence-corrected chi connectivity index (χ1v) is 6.96. The molecular weight excluding hydrogens is 240 g/mol. The summed E-state index contributed by atoms with van der Waals surface area (Å²) in [6, 6.07) is 0. The van der Waals surface area contributed by atoms with E-state index in [0.717, 1.165) is 26.2 Å². The highest BCUT2D eigenvalue weighted by atomic mass is 16.4. The number of carboxylic acid groups (broad SMARTS) is 1. The Morgan fingerprint density at radius 1 is 1.21 bits per heavy atom. The lowest BCUT2D eigenvalue weighted by molar-refractivity contribution is -0.134. The summed E-state index contributed by atoms with van der Waals surface area (Å²) in [5, 5.41) is 16.0. The Balaban J connectivity index is 0. The van der Waals surface area contributed by atoms with Crippen molar-refractivity contribution in [3.8, 4) is 11.8 Å². The van der Waals surface area contributed by atoms with Crippen molar-refractivity contribution >= 4 is 5.97 Å². The van der Waals surface area contributed by atoms with Gasteiger partial charge in [0.05, 0.1) is 0 Å². The molecule has 0 aromatic heterocycles. The molecule has 110 valence electrons. The summed E-state index contributed by atoms with van der Waals surface area (Å²) in [4.78, 5) is 9.00. The van der Waals surface area contributed by atoms with Gasteiger partial charge in [0.15, 0.2) is 0 Å². The predicted octanol–water partition coefficient (Wildman–Crippen LogP) is 3.63. The largest absolute Gasteiger partial charge is 0.481 e.